The fourth-order valence-corrected chi connectivity index (χ4v) is 5.91. The van der Waals surface area contributed by atoms with Crippen molar-refractivity contribution in [2.45, 2.75) is 69.9 Å². The smallest absolute Gasteiger partial charge is 0.223 e. The van der Waals surface area contributed by atoms with Gasteiger partial charge >= 0.3 is 0 Å². The third-order valence-electron chi connectivity index (χ3n) is 7.41. The molecule has 4 heteroatoms. The van der Waals surface area contributed by atoms with Crippen LogP contribution >= 0.6 is 0 Å². The van der Waals surface area contributed by atoms with Gasteiger partial charge in [-0.05, 0) is 67.2 Å². The quantitative estimate of drug-likeness (QED) is 0.693. The molecule has 2 aliphatic heterocycles. The van der Waals surface area contributed by atoms with E-state index in [-0.39, 0.29) is 0 Å². The molecule has 4 nitrogen and oxygen atoms in total. The summed E-state index contributed by atoms with van der Waals surface area (Å²) in [6, 6.07) is 17.9. The normalized spacial score (nSPS) is 24.6. The second-order valence-corrected chi connectivity index (χ2v) is 9.24. The Hall–Kier alpha value is -2.62. The highest BCUT2D eigenvalue weighted by Crippen LogP contribution is 2.38. The molecule has 0 bridgehead atoms. The van der Waals surface area contributed by atoms with Gasteiger partial charge in [-0.15, -0.1) is 0 Å². The molecule has 0 radical (unpaired) electrons. The molecular formula is C27H32N2O2. The molecule has 0 N–H and O–H groups in total. The number of hydrogen-bond donors (Lipinski definition) is 0. The van der Waals surface area contributed by atoms with E-state index in [1.165, 1.54) is 35.1 Å². The van der Waals surface area contributed by atoms with E-state index in [2.05, 4.69) is 58.3 Å². The van der Waals surface area contributed by atoms with Crippen molar-refractivity contribution in [2.24, 2.45) is 0 Å². The molecule has 2 saturated heterocycles. The first-order valence-corrected chi connectivity index (χ1v) is 12.0. The Morgan fingerprint density at radius 2 is 1.10 bits per heavy atom. The Bertz CT molecular complexity index is 969. The molecule has 2 fully saturated rings. The maximum Gasteiger partial charge on any atom is 0.223 e. The van der Waals surface area contributed by atoms with Crippen LogP contribution < -0.4 is 0 Å². The maximum atomic E-state index is 11.8. The predicted octanol–water partition coefficient (Wildman–Crippen LogP) is 4.98. The monoisotopic (exact) mass is 416 g/mol. The van der Waals surface area contributed by atoms with Gasteiger partial charge in [0.2, 0.25) is 11.8 Å². The number of amides is 2. The highest BCUT2D eigenvalue weighted by Gasteiger charge is 2.33. The Kier molecular flexibility index (Phi) is 5.80. The van der Waals surface area contributed by atoms with Crippen molar-refractivity contribution in [1.29, 1.82) is 0 Å². The van der Waals surface area contributed by atoms with Crippen LogP contribution in [0.25, 0.3) is 0 Å². The van der Waals surface area contributed by atoms with Crippen LogP contribution in [0, 0.1) is 0 Å². The van der Waals surface area contributed by atoms with Crippen molar-refractivity contribution in [3.63, 3.8) is 0 Å². The van der Waals surface area contributed by atoms with Crippen LogP contribution in [-0.4, -0.2) is 34.7 Å². The Morgan fingerprint density at radius 3 is 1.65 bits per heavy atom. The van der Waals surface area contributed by atoms with E-state index in [0.29, 0.717) is 23.9 Å². The zero-order valence-electron chi connectivity index (χ0n) is 18.3. The van der Waals surface area contributed by atoms with Crippen LogP contribution in [0.15, 0.2) is 48.5 Å². The van der Waals surface area contributed by atoms with Crippen LogP contribution in [0.4, 0.5) is 0 Å². The SMILES string of the molecule is O=C1CCCN1C1CCCc2ccccc21.O=C1CCCN1C1CCc2ccccc21. The molecule has 4 aliphatic rings. The number of nitrogens with zero attached hydrogens (tertiary/aromatic N) is 2. The Labute approximate surface area is 185 Å². The lowest BCUT2D eigenvalue weighted by Crippen LogP contribution is -2.32. The summed E-state index contributed by atoms with van der Waals surface area (Å²) in [5.74, 6) is 0.693. The van der Waals surface area contributed by atoms with Gasteiger partial charge < -0.3 is 9.80 Å². The third kappa shape index (κ3) is 4.00. The molecule has 2 atom stereocenters. The third-order valence-corrected chi connectivity index (χ3v) is 7.41. The lowest BCUT2D eigenvalue weighted by molar-refractivity contribution is -0.130. The standard InChI is InChI=1S/C14H17NO.C13H15NO/c16-14-9-4-10-15(14)13-8-3-6-11-5-1-2-7-12(11)13;15-13-6-3-9-14(13)12-8-7-10-4-1-2-5-11(10)12/h1-2,5,7,13H,3-4,6,8-10H2;1-2,4-5,12H,3,6-9H2. The van der Waals surface area contributed by atoms with Crippen LogP contribution in [0.2, 0.25) is 0 Å². The average Bonchev–Trinajstić information content (AvgIpc) is 3.53. The summed E-state index contributed by atoms with van der Waals surface area (Å²) in [5.41, 5.74) is 5.65. The molecule has 2 aliphatic carbocycles. The van der Waals surface area contributed by atoms with Crippen molar-refractivity contribution in [3.8, 4) is 0 Å². The molecule has 0 saturated carbocycles. The van der Waals surface area contributed by atoms with E-state index < -0.39 is 0 Å². The molecule has 2 aromatic rings. The summed E-state index contributed by atoms with van der Waals surface area (Å²) >= 11 is 0. The average molecular weight is 417 g/mol. The number of hydrogen-bond acceptors (Lipinski definition) is 2. The summed E-state index contributed by atoms with van der Waals surface area (Å²) in [6.45, 7) is 1.91. The minimum Gasteiger partial charge on any atom is -0.336 e. The predicted molar refractivity (Wildman–Crippen MR) is 122 cm³/mol. The molecule has 6 rings (SSSR count). The van der Waals surface area contributed by atoms with Crippen LogP contribution in [-0.2, 0) is 22.4 Å². The lowest BCUT2D eigenvalue weighted by atomic mass is 9.87. The van der Waals surface area contributed by atoms with Gasteiger partial charge in [-0.2, -0.15) is 0 Å². The van der Waals surface area contributed by atoms with Crippen LogP contribution in [0.5, 0.6) is 0 Å². The Balaban J connectivity index is 0.000000132. The first-order valence-electron chi connectivity index (χ1n) is 12.0. The first-order chi connectivity index (χ1) is 15.2. The van der Waals surface area contributed by atoms with Crippen molar-refractivity contribution in [3.05, 3.63) is 70.8 Å². The van der Waals surface area contributed by atoms with E-state index >= 15 is 0 Å². The van der Waals surface area contributed by atoms with Gasteiger partial charge in [0.15, 0.2) is 0 Å². The fourth-order valence-electron chi connectivity index (χ4n) is 5.91. The summed E-state index contributed by atoms with van der Waals surface area (Å²) in [5, 5.41) is 0. The van der Waals surface area contributed by atoms with Crippen LogP contribution in [0.3, 0.4) is 0 Å². The number of carbonyl (C=O) groups excluding carboxylic acids is 2. The van der Waals surface area contributed by atoms with Gasteiger partial charge in [0.05, 0.1) is 12.1 Å². The van der Waals surface area contributed by atoms with Gasteiger partial charge in [0, 0.05) is 25.9 Å². The van der Waals surface area contributed by atoms with E-state index in [0.717, 1.165) is 58.0 Å². The summed E-state index contributed by atoms with van der Waals surface area (Å²) in [4.78, 5) is 27.7. The van der Waals surface area contributed by atoms with Crippen molar-refractivity contribution in [1.82, 2.24) is 9.80 Å². The lowest BCUT2D eigenvalue weighted by Gasteiger charge is -2.33. The minimum absolute atomic E-state index is 0.344. The molecule has 162 valence electrons. The maximum absolute atomic E-state index is 11.8. The molecule has 2 heterocycles. The molecule has 0 spiro atoms. The highest BCUT2D eigenvalue weighted by atomic mass is 16.2. The largest absolute Gasteiger partial charge is 0.336 e. The first kappa shape index (κ1) is 20.3. The van der Waals surface area contributed by atoms with Gasteiger partial charge in [-0.25, -0.2) is 0 Å². The highest BCUT2D eigenvalue weighted by molar-refractivity contribution is 5.79. The zero-order chi connectivity index (χ0) is 21.2. The zero-order valence-corrected chi connectivity index (χ0v) is 18.3. The van der Waals surface area contributed by atoms with E-state index in [4.69, 9.17) is 0 Å². The van der Waals surface area contributed by atoms with E-state index in [1.54, 1.807) is 0 Å². The second kappa shape index (κ2) is 8.86. The fraction of sp³-hybridized carbons (Fsp3) is 0.481. The summed E-state index contributed by atoms with van der Waals surface area (Å²) in [6.07, 6.45) is 9.35. The molecule has 2 aromatic carbocycles. The number of carbonyl (C=O) groups is 2. The topological polar surface area (TPSA) is 40.6 Å². The van der Waals surface area contributed by atoms with E-state index in [1.807, 2.05) is 0 Å². The molecule has 2 amide bonds. The van der Waals surface area contributed by atoms with Crippen molar-refractivity contribution < 1.29 is 9.59 Å². The minimum atomic E-state index is 0.344. The molecule has 2 unspecified atom stereocenters. The van der Waals surface area contributed by atoms with Crippen molar-refractivity contribution in [2.75, 3.05) is 13.1 Å². The molecular weight excluding hydrogens is 384 g/mol. The number of fused-ring (bicyclic) bond motifs is 2. The van der Waals surface area contributed by atoms with Crippen LogP contribution in [0.1, 0.15) is 79.3 Å². The number of aryl methyl sites for hydroxylation is 2. The van der Waals surface area contributed by atoms with Crippen molar-refractivity contribution >= 4 is 11.8 Å². The van der Waals surface area contributed by atoms with Gasteiger partial charge in [-0.3, -0.25) is 9.59 Å². The summed E-state index contributed by atoms with van der Waals surface area (Å²) in [7, 11) is 0. The molecule has 31 heavy (non-hydrogen) atoms. The second-order valence-electron chi connectivity index (χ2n) is 9.24. The Morgan fingerprint density at radius 1 is 0.581 bits per heavy atom. The summed E-state index contributed by atoms with van der Waals surface area (Å²) < 4.78 is 0. The number of likely N-dealkylation sites (tertiary alicyclic amines) is 2. The van der Waals surface area contributed by atoms with Gasteiger partial charge in [-0.1, -0.05) is 48.5 Å². The van der Waals surface area contributed by atoms with Gasteiger partial charge in [0.1, 0.15) is 0 Å². The molecule has 0 aromatic heterocycles. The van der Waals surface area contributed by atoms with E-state index in [9.17, 15) is 9.59 Å². The van der Waals surface area contributed by atoms with Gasteiger partial charge in [0.25, 0.3) is 0 Å². The number of benzene rings is 2. The number of rotatable bonds is 2.